The SMILES string of the molecule is CC\C=C/C=C\C=C/C=C\C=C/CCCCCC(=O)OCC(COC(=O)CCCCCCCCCCCCCCCCCCCC)OC(=O)CCCCC/C=C\C=C/CCCCCCCCC. The molecule has 0 aliphatic rings. The van der Waals surface area contributed by atoms with Crippen LogP contribution < -0.4 is 0 Å². The van der Waals surface area contributed by atoms with E-state index in [1.807, 2.05) is 48.6 Å². The lowest BCUT2D eigenvalue weighted by molar-refractivity contribution is -0.167. The minimum Gasteiger partial charge on any atom is -0.462 e. The van der Waals surface area contributed by atoms with Crippen LogP contribution in [0.5, 0.6) is 0 Å². The first-order chi connectivity index (χ1) is 33.0. The normalized spacial score (nSPS) is 12.7. The van der Waals surface area contributed by atoms with Gasteiger partial charge in [0, 0.05) is 19.3 Å². The van der Waals surface area contributed by atoms with Crippen LogP contribution in [0.3, 0.4) is 0 Å². The van der Waals surface area contributed by atoms with Gasteiger partial charge >= 0.3 is 17.9 Å². The van der Waals surface area contributed by atoms with Gasteiger partial charge in [-0.25, -0.2) is 0 Å². The molecule has 1 atom stereocenters. The van der Waals surface area contributed by atoms with E-state index in [-0.39, 0.29) is 37.5 Å². The number of hydrogen-bond acceptors (Lipinski definition) is 6. The second kappa shape index (κ2) is 55.2. The van der Waals surface area contributed by atoms with Gasteiger partial charge in [-0.05, 0) is 64.2 Å². The summed E-state index contributed by atoms with van der Waals surface area (Å²) in [5.74, 6) is -0.963. The van der Waals surface area contributed by atoms with E-state index in [4.69, 9.17) is 14.2 Å². The molecule has 0 heterocycles. The second-order valence-corrected chi connectivity index (χ2v) is 18.6. The van der Waals surface area contributed by atoms with Gasteiger partial charge in [-0.2, -0.15) is 0 Å². The van der Waals surface area contributed by atoms with Crippen molar-refractivity contribution >= 4 is 17.9 Å². The zero-order valence-corrected chi connectivity index (χ0v) is 43.9. The lowest BCUT2D eigenvalue weighted by Gasteiger charge is -2.18. The molecule has 0 aromatic rings. The lowest BCUT2D eigenvalue weighted by atomic mass is 10.0. The fourth-order valence-electron chi connectivity index (χ4n) is 7.81. The van der Waals surface area contributed by atoms with E-state index in [2.05, 4.69) is 57.2 Å². The smallest absolute Gasteiger partial charge is 0.306 e. The van der Waals surface area contributed by atoms with Crippen molar-refractivity contribution in [2.75, 3.05) is 13.2 Å². The Morgan fingerprint density at radius 3 is 0.940 bits per heavy atom. The first-order valence-electron chi connectivity index (χ1n) is 28.2. The number of rotatable bonds is 50. The van der Waals surface area contributed by atoms with E-state index < -0.39 is 6.10 Å². The van der Waals surface area contributed by atoms with Crippen LogP contribution in [0.2, 0.25) is 0 Å². The highest BCUT2D eigenvalue weighted by molar-refractivity contribution is 5.71. The molecule has 67 heavy (non-hydrogen) atoms. The summed E-state index contributed by atoms with van der Waals surface area (Å²) in [5, 5.41) is 0. The van der Waals surface area contributed by atoms with Crippen molar-refractivity contribution in [3.05, 3.63) is 85.1 Å². The Morgan fingerprint density at radius 1 is 0.313 bits per heavy atom. The summed E-state index contributed by atoms with van der Waals surface area (Å²) >= 11 is 0. The maximum absolute atomic E-state index is 12.8. The van der Waals surface area contributed by atoms with Crippen LogP contribution >= 0.6 is 0 Å². The van der Waals surface area contributed by atoms with Crippen LogP contribution in [0.1, 0.15) is 265 Å². The molecule has 0 radical (unpaired) electrons. The van der Waals surface area contributed by atoms with E-state index in [0.717, 1.165) is 83.5 Å². The average Bonchev–Trinajstić information content (AvgIpc) is 3.33. The molecule has 0 saturated heterocycles. The van der Waals surface area contributed by atoms with Crippen molar-refractivity contribution in [1.29, 1.82) is 0 Å². The van der Waals surface area contributed by atoms with Gasteiger partial charge in [-0.3, -0.25) is 14.4 Å². The predicted molar refractivity (Wildman–Crippen MR) is 288 cm³/mol. The number of ether oxygens (including phenoxy) is 3. The fourth-order valence-corrected chi connectivity index (χ4v) is 7.81. The second-order valence-electron chi connectivity index (χ2n) is 18.6. The molecule has 0 aromatic carbocycles. The Balaban J connectivity index is 4.46. The van der Waals surface area contributed by atoms with Crippen LogP contribution in [-0.4, -0.2) is 37.2 Å². The summed E-state index contributed by atoms with van der Waals surface area (Å²) in [4.78, 5) is 38.1. The summed E-state index contributed by atoms with van der Waals surface area (Å²) in [5.41, 5.74) is 0. The number of esters is 3. The van der Waals surface area contributed by atoms with Crippen LogP contribution in [0.4, 0.5) is 0 Å². The first-order valence-corrected chi connectivity index (χ1v) is 28.2. The molecular formula is C61H104O6. The molecule has 0 spiro atoms. The zero-order valence-electron chi connectivity index (χ0n) is 43.9. The molecule has 0 aromatic heterocycles. The van der Waals surface area contributed by atoms with Crippen LogP contribution in [0, 0.1) is 0 Å². The van der Waals surface area contributed by atoms with Crippen molar-refractivity contribution in [2.45, 2.75) is 271 Å². The molecule has 384 valence electrons. The Bertz CT molecular complexity index is 1300. The fraction of sp³-hybridized carbons (Fsp3) is 0.721. The van der Waals surface area contributed by atoms with Crippen LogP contribution in [-0.2, 0) is 28.6 Å². The largest absolute Gasteiger partial charge is 0.462 e. The molecule has 0 N–H and O–H groups in total. The number of unbranched alkanes of at least 4 members (excludes halogenated alkanes) is 30. The van der Waals surface area contributed by atoms with Crippen molar-refractivity contribution in [3.8, 4) is 0 Å². The van der Waals surface area contributed by atoms with Crippen molar-refractivity contribution in [3.63, 3.8) is 0 Å². The molecule has 0 amide bonds. The van der Waals surface area contributed by atoms with Gasteiger partial charge in [0.2, 0.25) is 0 Å². The van der Waals surface area contributed by atoms with Crippen molar-refractivity contribution in [2.24, 2.45) is 0 Å². The number of carbonyl (C=O) groups is 3. The van der Waals surface area contributed by atoms with E-state index in [9.17, 15) is 14.4 Å². The molecule has 0 aliphatic carbocycles. The highest BCUT2D eigenvalue weighted by Crippen LogP contribution is 2.16. The minimum atomic E-state index is -0.807. The third-order valence-corrected chi connectivity index (χ3v) is 12.0. The molecule has 6 nitrogen and oxygen atoms in total. The van der Waals surface area contributed by atoms with Crippen molar-refractivity contribution in [1.82, 2.24) is 0 Å². The minimum absolute atomic E-state index is 0.0995. The predicted octanol–water partition coefficient (Wildman–Crippen LogP) is 18.8. The Morgan fingerprint density at radius 2 is 0.582 bits per heavy atom. The van der Waals surface area contributed by atoms with Gasteiger partial charge in [0.15, 0.2) is 6.10 Å². The monoisotopic (exact) mass is 933 g/mol. The van der Waals surface area contributed by atoms with E-state index >= 15 is 0 Å². The van der Waals surface area contributed by atoms with E-state index in [1.165, 1.54) is 141 Å². The maximum Gasteiger partial charge on any atom is 0.306 e. The molecule has 0 rings (SSSR count). The zero-order chi connectivity index (χ0) is 48.6. The Hall–Kier alpha value is -3.41. The summed E-state index contributed by atoms with van der Waals surface area (Å²) < 4.78 is 16.8. The lowest BCUT2D eigenvalue weighted by Crippen LogP contribution is -2.30. The summed E-state index contributed by atoms with van der Waals surface area (Å²) in [6, 6.07) is 0. The summed E-state index contributed by atoms with van der Waals surface area (Å²) in [6.07, 6.45) is 71.5. The molecule has 0 bridgehead atoms. The van der Waals surface area contributed by atoms with Gasteiger partial charge in [0.05, 0.1) is 0 Å². The van der Waals surface area contributed by atoms with E-state index in [0.29, 0.717) is 12.8 Å². The Labute approximate surface area is 414 Å². The topological polar surface area (TPSA) is 78.9 Å². The number of hydrogen-bond donors (Lipinski definition) is 0. The number of carbonyl (C=O) groups excluding carboxylic acids is 3. The Kier molecular flexibility index (Phi) is 52.4. The van der Waals surface area contributed by atoms with Gasteiger partial charge in [-0.1, -0.05) is 266 Å². The molecule has 0 saturated carbocycles. The molecule has 0 fully saturated rings. The summed E-state index contributed by atoms with van der Waals surface area (Å²) in [6.45, 7) is 6.45. The van der Waals surface area contributed by atoms with Gasteiger partial charge in [0.1, 0.15) is 13.2 Å². The molecule has 6 heteroatoms. The summed E-state index contributed by atoms with van der Waals surface area (Å²) in [7, 11) is 0. The highest BCUT2D eigenvalue weighted by Gasteiger charge is 2.19. The maximum atomic E-state index is 12.8. The number of allylic oxidation sites excluding steroid dienone is 14. The standard InChI is InChI=1S/C61H104O6/c1-4-7-10-13-16-19-22-25-28-30-31-34-36-39-42-45-48-51-54-60(63)66-57-58(56-65-59(62)53-50-47-44-41-38-35-32-27-24-21-18-15-12-9-6-3)67-61(64)55-52-49-46-43-40-37-33-29-26-23-20-17-14-11-8-5-2/h9,12,15,18,21,24,27,29,32-33,35,37-38,40,58H,4-8,10-11,13-14,16-17,19-20,22-23,25-26,28,30-31,34,36,39,41-57H2,1-3H3/b12-9-,18-15-,24-21-,32-27-,33-29-,38-35-,40-37-. The van der Waals surface area contributed by atoms with Crippen molar-refractivity contribution < 1.29 is 28.6 Å². The third kappa shape index (κ3) is 53.4. The van der Waals surface area contributed by atoms with Gasteiger partial charge in [0.25, 0.3) is 0 Å². The molecular weight excluding hydrogens is 829 g/mol. The van der Waals surface area contributed by atoms with E-state index in [1.54, 1.807) is 0 Å². The molecule has 0 aliphatic heterocycles. The first kappa shape index (κ1) is 63.6. The third-order valence-electron chi connectivity index (χ3n) is 12.0. The highest BCUT2D eigenvalue weighted by atomic mass is 16.6. The van der Waals surface area contributed by atoms with Gasteiger partial charge in [-0.15, -0.1) is 0 Å². The quantitative estimate of drug-likeness (QED) is 0.0262. The van der Waals surface area contributed by atoms with Gasteiger partial charge < -0.3 is 14.2 Å². The van der Waals surface area contributed by atoms with Crippen LogP contribution in [0.15, 0.2) is 85.1 Å². The van der Waals surface area contributed by atoms with Crippen LogP contribution in [0.25, 0.3) is 0 Å². The molecule has 1 unspecified atom stereocenters. The average molecular weight is 933 g/mol.